The van der Waals surface area contributed by atoms with E-state index in [4.69, 9.17) is 15.2 Å². The molecule has 0 bridgehead atoms. The molecule has 23 heavy (non-hydrogen) atoms. The zero-order chi connectivity index (χ0) is 16.5. The highest BCUT2D eigenvalue weighted by Crippen LogP contribution is 2.37. The van der Waals surface area contributed by atoms with Gasteiger partial charge in [-0.3, -0.25) is 0 Å². The van der Waals surface area contributed by atoms with E-state index in [2.05, 4.69) is 10.2 Å². The van der Waals surface area contributed by atoms with Crippen LogP contribution in [-0.4, -0.2) is 13.2 Å². The van der Waals surface area contributed by atoms with Crippen LogP contribution in [0.3, 0.4) is 0 Å². The standard InChI is InChI=1S/C18H23N3O2/c1-3-10-22-17-13-16(18(12-15(17)19)23-11-4-2)21-20-14-8-6-5-7-9-14/h5-9,12-13H,3-4,10-11,19H2,1-2H3. The molecule has 0 aromatic heterocycles. The van der Waals surface area contributed by atoms with Crippen LogP contribution >= 0.6 is 0 Å². The van der Waals surface area contributed by atoms with Crippen LogP contribution in [-0.2, 0) is 0 Å². The number of hydrogen-bond donors (Lipinski definition) is 1. The van der Waals surface area contributed by atoms with Crippen molar-refractivity contribution in [3.8, 4) is 11.5 Å². The highest BCUT2D eigenvalue weighted by atomic mass is 16.5. The minimum Gasteiger partial charge on any atom is -0.491 e. The first-order valence-corrected chi connectivity index (χ1v) is 7.90. The van der Waals surface area contributed by atoms with Gasteiger partial charge in [0.25, 0.3) is 0 Å². The van der Waals surface area contributed by atoms with Gasteiger partial charge in [0.05, 0.1) is 24.6 Å². The van der Waals surface area contributed by atoms with Crippen LogP contribution in [0.15, 0.2) is 52.7 Å². The smallest absolute Gasteiger partial charge is 0.149 e. The first-order chi connectivity index (χ1) is 11.2. The molecule has 0 fully saturated rings. The molecule has 0 radical (unpaired) electrons. The molecule has 0 aliphatic rings. The summed E-state index contributed by atoms with van der Waals surface area (Å²) in [6.45, 7) is 5.30. The number of azo groups is 1. The maximum Gasteiger partial charge on any atom is 0.149 e. The molecule has 122 valence electrons. The van der Waals surface area contributed by atoms with Crippen molar-refractivity contribution in [3.05, 3.63) is 42.5 Å². The number of benzene rings is 2. The average molecular weight is 313 g/mol. The molecule has 0 heterocycles. The normalized spacial score (nSPS) is 10.9. The van der Waals surface area contributed by atoms with Gasteiger partial charge in [-0.2, -0.15) is 5.11 Å². The fourth-order valence-electron chi connectivity index (χ4n) is 1.91. The fraction of sp³-hybridized carbons (Fsp3) is 0.333. The van der Waals surface area contributed by atoms with E-state index < -0.39 is 0 Å². The maximum atomic E-state index is 6.03. The molecule has 2 aromatic carbocycles. The Labute approximate surface area is 137 Å². The Morgan fingerprint density at radius 3 is 2.17 bits per heavy atom. The van der Waals surface area contributed by atoms with Crippen molar-refractivity contribution in [2.24, 2.45) is 10.2 Å². The van der Waals surface area contributed by atoms with Gasteiger partial charge in [-0.15, -0.1) is 5.11 Å². The molecule has 2 aromatic rings. The first-order valence-electron chi connectivity index (χ1n) is 7.90. The fourth-order valence-corrected chi connectivity index (χ4v) is 1.91. The minimum absolute atomic E-state index is 0.545. The molecule has 0 saturated heterocycles. The zero-order valence-electron chi connectivity index (χ0n) is 13.7. The van der Waals surface area contributed by atoms with Gasteiger partial charge >= 0.3 is 0 Å². The van der Waals surface area contributed by atoms with Gasteiger partial charge in [-0.25, -0.2) is 0 Å². The van der Waals surface area contributed by atoms with E-state index in [-0.39, 0.29) is 0 Å². The van der Waals surface area contributed by atoms with E-state index in [1.165, 1.54) is 0 Å². The van der Waals surface area contributed by atoms with Gasteiger partial charge in [0.1, 0.15) is 17.2 Å². The summed E-state index contributed by atoms with van der Waals surface area (Å²) in [5, 5.41) is 8.55. The Kier molecular flexibility index (Phi) is 6.41. The van der Waals surface area contributed by atoms with E-state index in [9.17, 15) is 0 Å². The molecule has 0 aliphatic carbocycles. The van der Waals surface area contributed by atoms with Crippen molar-refractivity contribution in [1.29, 1.82) is 0 Å². The monoisotopic (exact) mass is 313 g/mol. The van der Waals surface area contributed by atoms with Crippen LogP contribution < -0.4 is 15.2 Å². The molecule has 2 N–H and O–H groups in total. The summed E-state index contributed by atoms with van der Waals surface area (Å²) < 4.78 is 11.4. The van der Waals surface area contributed by atoms with Crippen LogP contribution in [0.5, 0.6) is 11.5 Å². The van der Waals surface area contributed by atoms with Crippen molar-refractivity contribution in [3.63, 3.8) is 0 Å². The summed E-state index contributed by atoms with van der Waals surface area (Å²) in [5.74, 6) is 1.23. The molecule has 0 aliphatic heterocycles. The second-order valence-electron chi connectivity index (χ2n) is 5.09. The molecular formula is C18H23N3O2. The quantitative estimate of drug-likeness (QED) is 0.533. The van der Waals surface area contributed by atoms with E-state index in [1.807, 2.05) is 44.2 Å². The van der Waals surface area contributed by atoms with E-state index >= 15 is 0 Å². The van der Waals surface area contributed by atoms with E-state index in [1.54, 1.807) is 12.1 Å². The molecular weight excluding hydrogens is 290 g/mol. The third kappa shape index (κ3) is 4.98. The van der Waals surface area contributed by atoms with Gasteiger partial charge in [0, 0.05) is 12.1 Å². The number of nitrogen functional groups attached to an aromatic ring is 1. The number of rotatable bonds is 8. The number of hydrogen-bond acceptors (Lipinski definition) is 5. The molecule has 0 amide bonds. The Hall–Kier alpha value is -2.56. The van der Waals surface area contributed by atoms with Crippen molar-refractivity contribution < 1.29 is 9.47 Å². The molecule has 0 unspecified atom stereocenters. The van der Waals surface area contributed by atoms with Gasteiger partial charge in [0.2, 0.25) is 0 Å². The van der Waals surface area contributed by atoms with Crippen molar-refractivity contribution >= 4 is 17.1 Å². The highest BCUT2D eigenvalue weighted by molar-refractivity contribution is 5.67. The lowest BCUT2D eigenvalue weighted by atomic mass is 10.2. The topological polar surface area (TPSA) is 69.2 Å². The minimum atomic E-state index is 0.545. The average Bonchev–Trinajstić information content (AvgIpc) is 2.58. The Balaban J connectivity index is 2.30. The number of ether oxygens (including phenoxy) is 2. The second-order valence-corrected chi connectivity index (χ2v) is 5.09. The number of anilines is 1. The predicted octanol–water partition coefficient (Wildman–Crippen LogP) is 5.26. The highest BCUT2D eigenvalue weighted by Gasteiger charge is 2.10. The second kappa shape index (κ2) is 8.78. The van der Waals surface area contributed by atoms with Crippen LogP contribution in [0.4, 0.5) is 17.1 Å². The largest absolute Gasteiger partial charge is 0.491 e. The number of nitrogens with zero attached hydrogens (tertiary/aromatic N) is 2. The summed E-state index contributed by atoms with van der Waals surface area (Å²) in [5.41, 5.74) is 7.97. The summed E-state index contributed by atoms with van der Waals surface area (Å²) in [4.78, 5) is 0. The molecule has 0 spiro atoms. The lowest BCUT2D eigenvalue weighted by molar-refractivity contribution is 0.311. The summed E-state index contributed by atoms with van der Waals surface area (Å²) in [7, 11) is 0. The molecule has 0 atom stereocenters. The van der Waals surface area contributed by atoms with Gasteiger partial charge < -0.3 is 15.2 Å². The van der Waals surface area contributed by atoms with Gasteiger partial charge in [-0.1, -0.05) is 32.0 Å². The third-order valence-electron chi connectivity index (χ3n) is 3.04. The van der Waals surface area contributed by atoms with Crippen LogP contribution in [0.1, 0.15) is 26.7 Å². The summed E-state index contributed by atoms with van der Waals surface area (Å²) in [6, 6.07) is 13.1. The van der Waals surface area contributed by atoms with E-state index in [0.29, 0.717) is 36.1 Å². The van der Waals surface area contributed by atoms with Gasteiger partial charge in [-0.05, 0) is 25.0 Å². The molecule has 0 saturated carbocycles. The Morgan fingerprint density at radius 1 is 0.870 bits per heavy atom. The molecule has 2 rings (SSSR count). The molecule has 5 heteroatoms. The van der Waals surface area contributed by atoms with Crippen LogP contribution in [0, 0.1) is 0 Å². The predicted molar refractivity (Wildman–Crippen MR) is 93.0 cm³/mol. The van der Waals surface area contributed by atoms with Crippen LogP contribution in [0.2, 0.25) is 0 Å². The maximum absolute atomic E-state index is 6.03. The van der Waals surface area contributed by atoms with Gasteiger partial charge in [0.15, 0.2) is 0 Å². The van der Waals surface area contributed by atoms with Crippen molar-refractivity contribution in [1.82, 2.24) is 0 Å². The van der Waals surface area contributed by atoms with E-state index in [0.717, 1.165) is 18.5 Å². The lowest BCUT2D eigenvalue weighted by Crippen LogP contribution is -2.01. The SMILES string of the molecule is CCCOc1cc(N=Nc2ccccc2)c(OCCC)cc1N. The van der Waals surface area contributed by atoms with Crippen molar-refractivity contribution in [2.75, 3.05) is 18.9 Å². The Bertz CT molecular complexity index is 642. The molecule has 5 nitrogen and oxygen atoms in total. The third-order valence-corrected chi connectivity index (χ3v) is 3.04. The summed E-state index contributed by atoms with van der Waals surface area (Å²) >= 11 is 0. The zero-order valence-corrected chi connectivity index (χ0v) is 13.7. The summed E-state index contributed by atoms with van der Waals surface area (Å²) in [6.07, 6.45) is 1.82. The lowest BCUT2D eigenvalue weighted by Gasteiger charge is -2.12. The van der Waals surface area contributed by atoms with Crippen molar-refractivity contribution in [2.45, 2.75) is 26.7 Å². The Morgan fingerprint density at radius 2 is 1.52 bits per heavy atom. The number of nitrogens with two attached hydrogens (primary N) is 1. The van der Waals surface area contributed by atoms with Crippen LogP contribution in [0.25, 0.3) is 0 Å². The first kappa shape index (κ1) is 16.8.